The molecule has 2 aromatic rings. The molecule has 0 aliphatic rings. The van der Waals surface area contributed by atoms with E-state index < -0.39 is 11.9 Å². The first-order valence-electron chi connectivity index (χ1n) is 9.42. The molecule has 0 fully saturated rings. The van der Waals surface area contributed by atoms with Crippen molar-refractivity contribution >= 4 is 0 Å². The number of hydrazine groups is 1. The van der Waals surface area contributed by atoms with E-state index in [1.807, 2.05) is 51.1 Å². The number of hydrogen-bond donors (Lipinski definition) is 3. The van der Waals surface area contributed by atoms with Crippen molar-refractivity contribution in [3.8, 4) is 0 Å². The van der Waals surface area contributed by atoms with Crippen molar-refractivity contribution < 1.29 is 13.2 Å². The highest BCUT2D eigenvalue weighted by Gasteiger charge is 2.33. The Morgan fingerprint density at radius 3 is 2.10 bits per heavy atom. The van der Waals surface area contributed by atoms with Crippen molar-refractivity contribution in [2.24, 2.45) is 17.3 Å². The second-order valence-corrected chi connectivity index (χ2v) is 5.92. The Hall–Kier alpha value is -2.58. The fourth-order valence-electron chi connectivity index (χ4n) is 2.16. The molecule has 0 aliphatic heterocycles. The van der Waals surface area contributed by atoms with E-state index in [0.29, 0.717) is 17.7 Å². The van der Waals surface area contributed by atoms with Gasteiger partial charge < -0.3 is 16.5 Å². The summed E-state index contributed by atoms with van der Waals surface area (Å²) in [6.45, 7) is 8.61. The van der Waals surface area contributed by atoms with Gasteiger partial charge >= 0.3 is 6.18 Å². The zero-order valence-electron chi connectivity index (χ0n) is 17.5. The molecular formula is C21H32F3N5. The molecule has 8 heteroatoms. The lowest BCUT2D eigenvalue weighted by atomic mass is 10.1. The number of alkyl halides is 3. The summed E-state index contributed by atoms with van der Waals surface area (Å²) < 4.78 is 38.2. The Morgan fingerprint density at radius 2 is 1.69 bits per heavy atom. The molecule has 0 aliphatic carbocycles. The number of benzene rings is 1. The molecule has 162 valence electrons. The van der Waals surface area contributed by atoms with Gasteiger partial charge in [-0.2, -0.15) is 13.2 Å². The van der Waals surface area contributed by atoms with Crippen LogP contribution in [0.25, 0.3) is 0 Å². The van der Waals surface area contributed by atoms with Crippen LogP contribution in [0.3, 0.4) is 0 Å². The van der Waals surface area contributed by atoms with Crippen LogP contribution >= 0.6 is 0 Å². The smallest absolute Gasteiger partial charge is 0.401 e. The Labute approximate surface area is 171 Å². The summed E-state index contributed by atoms with van der Waals surface area (Å²) in [6, 6.07) is 11.8. The van der Waals surface area contributed by atoms with Crippen LogP contribution in [0.15, 0.2) is 54.4 Å². The Bertz CT molecular complexity index is 727. The van der Waals surface area contributed by atoms with E-state index in [0.717, 1.165) is 23.9 Å². The molecule has 0 bridgehead atoms. The van der Waals surface area contributed by atoms with Crippen molar-refractivity contribution in [3.63, 3.8) is 0 Å². The summed E-state index contributed by atoms with van der Waals surface area (Å²) in [5.41, 5.74) is 12.3. The van der Waals surface area contributed by atoms with Crippen LogP contribution in [0.1, 0.15) is 50.2 Å². The van der Waals surface area contributed by atoms with Crippen molar-refractivity contribution in [2.75, 3.05) is 6.54 Å². The van der Waals surface area contributed by atoms with Gasteiger partial charge in [0, 0.05) is 37.1 Å². The largest absolute Gasteiger partial charge is 0.433 e. The average molecular weight is 412 g/mol. The van der Waals surface area contributed by atoms with E-state index in [4.69, 9.17) is 17.3 Å². The van der Waals surface area contributed by atoms with Crippen molar-refractivity contribution in [1.82, 2.24) is 9.99 Å². The van der Waals surface area contributed by atoms with Gasteiger partial charge in [-0.15, -0.1) is 0 Å². The van der Waals surface area contributed by atoms with Crippen LogP contribution in [0.2, 0.25) is 0 Å². The van der Waals surface area contributed by atoms with Gasteiger partial charge in [0.05, 0.1) is 0 Å². The van der Waals surface area contributed by atoms with Crippen molar-refractivity contribution in [1.29, 1.82) is 0 Å². The van der Waals surface area contributed by atoms with Crippen LogP contribution < -0.4 is 17.3 Å². The van der Waals surface area contributed by atoms with Gasteiger partial charge in [-0.1, -0.05) is 44.2 Å². The second-order valence-electron chi connectivity index (χ2n) is 5.92. The maximum Gasteiger partial charge on any atom is 0.433 e. The van der Waals surface area contributed by atoms with E-state index in [2.05, 4.69) is 4.98 Å². The van der Waals surface area contributed by atoms with Gasteiger partial charge in [-0.05, 0) is 37.1 Å². The third-order valence-corrected chi connectivity index (χ3v) is 3.43. The number of nitrogens with zero attached hydrogens (tertiary/aromatic N) is 2. The quantitative estimate of drug-likeness (QED) is 0.507. The topological polar surface area (TPSA) is 94.2 Å². The van der Waals surface area contributed by atoms with Gasteiger partial charge in [0.15, 0.2) is 0 Å². The molecule has 0 unspecified atom stereocenters. The molecule has 0 amide bonds. The molecule has 29 heavy (non-hydrogen) atoms. The fraction of sp³-hybridized carbons (Fsp3) is 0.381. The third kappa shape index (κ3) is 11.1. The van der Waals surface area contributed by atoms with Crippen LogP contribution in [0.5, 0.6) is 0 Å². The van der Waals surface area contributed by atoms with E-state index in [1.165, 1.54) is 5.01 Å². The third-order valence-electron chi connectivity index (χ3n) is 3.43. The maximum absolute atomic E-state index is 12.7. The van der Waals surface area contributed by atoms with Crippen LogP contribution in [0.4, 0.5) is 13.2 Å². The predicted molar refractivity (Wildman–Crippen MR) is 112 cm³/mol. The highest BCUT2D eigenvalue weighted by Crippen LogP contribution is 2.28. The monoisotopic (exact) mass is 411 g/mol. The van der Waals surface area contributed by atoms with E-state index >= 15 is 0 Å². The summed E-state index contributed by atoms with van der Waals surface area (Å²) in [7, 11) is 0. The maximum atomic E-state index is 12.7. The SMILES string of the molecule is CC.CCN(N)/C=C(/C)N.NCc1cc(Cc2ccccc2)nc(C(F)(F)F)c1. The number of rotatable bonds is 5. The summed E-state index contributed by atoms with van der Waals surface area (Å²) in [4.78, 5) is 3.67. The number of pyridine rings is 1. The molecule has 1 heterocycles. The zero-order valence-corrected chi connectivity index (χ0v) is 17.5. The number of nitrogens with two attached hydrogens (primary N) is 3. The Morgan fingerprint density at radius 1 is 1.10 bits per heavy atom. The normalized spacial score (nSPS) is 11.0. The first kappa shape index (κ1) is 26.4. The molecule has 2 rings (SSSR count). The van der Waals surface area contributed by atoms with Gasteiger partial charge in [-0.25, -0.2) is 10.8 Å². The lowest BCUT2D eigenvalue weighted by Gasteiger charge is -2.10. The minimum absolute atomic E-state index is 0.0629. The van der Waals surface area contributed by atoms with Gasteiger partial charge in [0.25, 0.3) is 0 Å². The number of allylic oxidation sites excluding steroid dienone is 1. The van der Waals surface area contributed by atoms with E-state index in [-0.39, 0.29) is 6.54 Å². The summed E-state index contributed by atoms with van der Waals surface area (Å²) in [5, 5.41) is 1.54. The molecule has 5 nitrogen and oxygen atoms in total. The first-order valence-corrected chi connectivity index (χ1v) is 9.42. The zero-order chi connectivity index (χ0) is 22.4. The van der Waals surface area contributed by atoms with Crippen LogP contribution in [-0.2, 0) is 19.1 Å². The van der Waals surface area contributed by atoms with Crippen molar-refractivity contribution in [3.05, 3.63) is 76.9 Å². The number of halogens is 3. The first-order chi connectivity index (χ1) is 13.7. The van der Waals surface area contributed by atoms with Crippen molar-refractivity contribution in [2.45, 2.75) is 46.8 Å². The van der Waals surface area contributed by atoms with E-state index in [1.54, 1.807) is 19.2 Å². The van der Waals surface area contributed by atoms with Gasteiger partial charge in [0.1, 0.15) is 5.69 Å². The molecule has 1 aromatic heterocycles. The van der Waals surface area contributed by atoms with Crippen LogP contribution in [0, 0.1) is 0 Å². The average Bonchev–Trinajstić information content (AvgIpc) is 2.69. The Kier molecular flexibility index (Phi) is 12.4. The molecular weight excluding hydrogens is 379 g/mol. The van der Waals surface area contributed by atoms with E-state index in [9.17, 15) is 13.2 Å². The minimum Gasteiger partial charge on any atom is -0.401 e. The molecule has 1 aromatic carbocycles. The lowest BCUT2D eigenvalue weighted by molar-refractivity contribution is -0.141. The fourth-order valence-corrected chi connectivity index (χ4v) is 2.16. The highest BCUT2D eigenvalue weighted by molar-refractivity contribution is 5.28. The molecule has 0 radical (unpaired) electrons. The lowest BCUT2D eigenvalue weighted by Crippen LogP contribution is -2.25. The molecule has 0 saturated carbocycles. The molecule has 0 atom stereocenters. The Balaban J connectivity index is 0.000000664. The number of hydrogen-bond acceptors (Lipinski definition) is 5. The predicted octanol–water partition coefficient (Wildman–Crippen LogP) is 4.18. The van der Waals surface area contributed by atoms with Gasteiger partial charge in [0.2, 0.25) is 0 Å². The summed E-state index contributed by atoms with van der Waals surface area (Å²) in [6.07, 6.45) is -2.39. The summed E-state index contributed by atoms with van der Waals surface area (Å²) in [5.74, 6) is 5.35. The molecule has 6 N–H and O–H groups in total. The molecule has 0 saturated heterocycles. The highest BCUT2D eigenvalue weighted by atomic mass is 19.4. The summed E-state index contributed by atoms with van der Waals surface area (Å²) >= 11 is 0. The van der Waals surface area contributed by atoms with Gasteiger partial charge in [-0.3, -0.25) is 0 Å². The molecule has 0 spiro atoms. The van der Waals surface area contributed by atoms with Crippen LogP contribution in [-0.4, -0.2) is 16.5 Å². The standard InChI is InChI=1S/C14H13F3N2.C5H13N3.C2H6/c15-14(16,17)13-8-11(9-18)7-12(19-13)6-10-4-2-1-3-5-10;1-3-8(7)4-5(2)6;1-2/h1-5,7-8H,6,9,18H2;4H,3,6-7H2,1-2H3;1-2H3/b;5-4-;. The minimum atomic E-state index is -4.45. The second kappa shape index (κ2) is 13.6. The number of aromatic nitrogens is 1.